The Labute approximate surface area is 201 Å². The first kappa shape index (κ1) is 26.3. The van der Waals surface area contributed by atoms with Crippen LogP contribution in [0.5, 0.6) is 0 Å². The fourth-order valence-electron chi connectivity index (χ4n) is 2.65. The SMILES string of the molecule is Cc1cc(C)n(CCCNC(=NCC(=O)N(C)C)NCCSc2ccccc2)n1.I. The number of guanidine groups is 1. The smallest absolute Gasteiger partial charge is 0.243 e. The molecule has 2 aromatic rings. The van der Waals surface area contributed by atoms with Crippen molar-refractivity contribution in [3.05, 3.63) is 47.8 Å². The predicted molar refractivity (Wildman–Crippen MR) is 136 cm³/mol. The van der Waals surface area contributed by atoms with Crippen LogP contribution in [0, 0.1) is 13.8 Å². The molecule has 1 aromatic carbocycles. The Morgan fingerprint density at radius 2 is 1.87 bits per heavy atom. The standard InChI is InChI=1S/C21H32N6OS.HI/c1-17-15-18(2)27(25-17)13-8-11-22-21(24-16-20(28)26(3)4)23-12-14-29-19-9-6-5-7-10-19;/h5-7,9-10,15H,8,11-14,16H2,1-4H3,(H2,22,23,24);1H. The number of nitrogens with one attached hydrogen (secondary N) is 2. The minimum Gasteiger partial charge on any atom is -0.356 e. The number of aromatic nitrogens is 2. The highest BCUT2D eigenvalue weighted by molar-refractivity contribution is 14.0. The molecule has 7 nitrogen and oxygen atoms in total. The van der Waals surface area contributed by atoms with Gasteiger partial charge >= 0.3 is 0 Å². The number of halogens is 1. The molecular weight excluding hydrogens is 511 g/mol. The molecule has 0 aliphatic carbocycles. The molecule has 30 heavy (non-hydrogen) atoms. The summed E-state index contributed by atoms with van der Waals surface area (Å²) in [4.78, 5) is 19.1. The third kappa shape index (κ3) is 9.84. The average Bonchev–Trinajstić information content (AvgIpc) is 3.03. The number of benzene rings is 1. The van der Waals surface area contributed by atoms with E-state index in [0.717, 1.165) is 37.5 Å². The number of hydrogen-bond donors (Lipinski definition) is 2. The Morgan fingerprint density at radius 1 is 1.17 bits per heavy atom. The van der Waals surface area contributed by atoms with Crippen molar-refractivity contribution in [1.29, 1.82) is 0 Å². The van der Waals surface area contributed by atoms with Gasteiger partial charge in [-0.2, -0.15) is 5.10 Å². The molecule has 0 aliphatic rings. The quantitative estimate of drug-likeness (QED) is 0.158. The van der Waals surface area contributed by atoms with Crippen molar-refractivity contribution in [2.24, 2.45) is 4.99 Å². The summed E-state index contributed by atoms with van der Waals surface area (Å²) in [7, 11) is 3.48. The average molecular weight is 545 g/mol. The summed E-state index contributed by atoms with van der Waals surface area (Å²) in [6, 6.07) is 12.4. The number of nitrogens with zero attached hydrogens (tertiary/aromatic N) is 4. The minimum atomic E-state index is -0.0209. The zero-order chi connectivity index (χ0) is 21.1. The van der Waals surface area contributed by atoms with Crippen molar-refractivity contribution in [2.45, 2.75) is 31.7 Å². The van der Waals surface area contributed by atoms with Crippen molar-refractivity contribution in [3.8, 4) is 0 Å². The van der Waals surface area contributed by atoms with Crippen LogP contribution in [0.2, 0.25) is 0 Å². The first-order chi connectivity index (χ1) is 14.0. The van der Waals surface area contributed by atoms with Crippen LogP contribution < -0.4 is 10.6 Å². The molecule has 1 amide bonds. The third-order valence-electron chi connectivity index (χ3n) is 4.22. The molecule has 1 aromatic heterocycles. The van der Waals surface area contributed by atoms with Crippen molar-refractivity contribution in [3.63, 3.8) is 0 Å². The summed E-state index contributed by atoms with van der Waals surface area (Å²) < 4.78 is 2.02. The zero-order valence-electron chi connectivity index (χ0n) is 18.2. The van der Waals surface area contributed by atoms with E-state index in [4.69, 9.17) is 0 Å². The van der Waals surface area contributed by atoms with Crippen LogP contribution in [-0.4, -0.2) is 66.0 Å². The number of carbonyl (C=O) groups is 1. The molecule has 0 saturated carbocycles. The molecule has 2 N–H and O–H groups in total. The highest BCUT2D eigenvalue weighted by Crippen LogP contribution is 2.15. The van der Waals surface area contributed by atoms with Crippen LogP contribution in [0.4, 0.5) is 0 Å². The number of aryl methyl sites for hydroxylation is 3. The molecule has 0 bridgehead atoms. The van der Waals surface area contributed by atoms with E-state index in [1.165, 1.54) is 10.6 Å². The largest absolute Gasteiger partial charge is 0.356 e. The van der Waals surface area contributed by atoms with Gasteiger partial charge < -0.3 is 15.5 Å². The second-order valence-corrected chi connectivity index (χ2v) is 8.14. The van der Waals surface area contributed by atoms with E-state index < -0.39 is 0 Å². The summed E-state index contributed by atoms with van der Waals surface area (Å²) in [5, 5.41) is 11.1. The van der Waals surface area contributed by atoms with Gasteiger partial charge in [0.2, 0.25) is 5.91 Å². The molecule has 0 spiro atoms. The molecule has 0 fully saturated rings. The van der Waals surface area contributed by atoms with E-state index in [1.54, 1.807) is 30.8 Å². The van der Waals surface area contributed by atoms with Gasteiger partial charge in [0.15, 0.2) is 5.96 Å². The van der Waals surface area contributed by atoms with E-state index in [-0.39, 0.29) is 36.4 Å². The lowest BCUT2D eigenvalue weighted by Crippen LogP contribution is -2.40. The maximum absolute atomic E-state index is 11.9. The van der Waals surface area contributed by atoms with Gasteiger partial charge in [0.05, 0.1) is 5.69 Å². The minimum absolute atomic E-state index is 0. The van der Waals surface area contributed by atoms with Crippen LogP contribution in [-0.2, 0) is 11.3 Å². The highest BCUT2D eigenvalue weighted by Gasteiger charge is 2.05. The number of thioether (sulfide) groups is 1. The maximum Gasteiger partial charge on any atom is 0.243 e. The first-order valence-corrected chi connectivity index (χ1v) is 10.9. The Balaban J connectivity index is 0.00000450. The Kier molecular flexibility index (Phi) is 12.5. The Bertz CT molecular complexity index is 794. The number of hydrogen-bond acceptors (Lipinski definition) is 4. The maximum atomic E-state index is 11.9. The molecule has 0 atom stereocenters. The monoisotopic (exact) mass is 544 g/mol. The van der Waals surface area contributed by atoms with Crippen molar-refractivity contribution in [1.82, 2.24) is 25.3 Å². The topological polar surface area (TPSA) is 74.6 Å². The van der Waals surface area contributed by atoms with Crippen LogP contribution in [0.3, 0.4) is 0 Å². The molecule has 2 rings (SSSR count). The summed E-state index contributed by atoms with van der Waals surface area (Å²) in [6.45, 7) is 6.57. The van der Waals surface area contributed by atoms with Crippen LogP contribution in [0.15, 0.2) is 46.3 Å². The van der Waals surface area contributed by atoms with Gasteiger partial charge in [0.25, 0.3) is 0 Å². The van der Waals surface area contributed by atoms with Gasteiger partial charge in [0.1, 0.15) is 6.54 Å². The molecule has 0 unspecified atom stereocenters. The Hall–Kier alpha value is -1.75. The summed E-state index contributed by atoms with van der Waals surface area (Å²) in [5.74, 6) is 1.56. The molecule has 1 heterocycles. The normalized spacial score (nSPS) is 11.0. The van der Waals surface area contributed by atoms with Crippen molar-refractivity contribution in [2.75, 3.05) is 39.5 Å². The molecule has 166 valence electrons. The van der Waals surface area contributed by atoms with Gasteiger partial charge in [0, 0.05) is 50.1 Å². The van der Waals surface area contributed by atoms with E-state index in [2.05, 4.69) is 45.8 Å². The lowest BCUT2D eigenvalue weighted by molar-refractivity contribution is -0.127. The van der Waals surface area contributed by atoms with E-state index in [0.29, 0.717) is 5.96 Å². The van der Waals surface area contributed by atoms with Gasteiger partial charge in [-0.1, -0.05) is 18.2 Å². The van der Waals surface area contributed by atoms with Gasteiger partial charge in [-0.15, -0.1) is 35.7 Å². The number of carbonyl (C=O) groups excluding carboxylic acids is 1. The van der Waals surface area contributed by atoms with E-state index >= 15 is 0 Å². The van der Waals surface area contributed by atoms with Crippen LogP contribution in [0.1, 0.15) is 17.8 Å². The van der Waals surface area contributed by atoms with Crippen LogP contribution in [0.25, 0.3) is 0 Å². The molecular formula is C21H33IN6OS. The zero-order valence-corrected chi connectivity index (χ0v) is 21.4. The van der Waals surface area contributed by atoms with Crippen LogP contribution >= 0.6 is 35.7 Å². The van der Waals surface area contributed by atoms with Gasteiger partial charge in [-0.25, -0.2) is 4.99 Å². The van der Waals surface area contributed by atoms with E-state index in [1.807, 2.05) is 29.8 Å². The fourth-order valence-corrected chi connectivity index (χ4v) is 3.44. The van der Waals surface area contributed by atoms with Gasteiger partial charge in [-0.3, -0.25) is 9.48 Å². The molecule has 9 heteroatoms. The second-order valence-electron chi connectivity index (χ2n) is 6.97. The lowest BCUT2D eigenvalue weighted by atomic mass is 10.4. The van der Waals surface area contributed by atoms with Crippen molar-refractivity contribution < 1.29 is 4.79 Å². The third-order valence-corrected chi connectivity index (χ3v) is 5.23. The van der Waals surface area contributed by atoms with Crippen molar-refractivity contribution >= 4 is 47.6 Å². The predicted octanol–water partition coefficient (Wildman–Crippen LogP) is 2.92. The summed E-state index contributed by atoms with van der Waals surface area (Å²) >= 11 is 1.79. The number of aliphatic imine (C=N–C) groups is 1. The molecule has 0 saturated heterocycles. The highest BCUT2D eigenvalue weighted by atomic mass is 127. The molecule has 0 aliphatic heterocycles. The number of amides is 1. The number of rotatable bonds is 10. The summed E-state index contributed by atoms with van der Waals surface area (Å²) in [6.07, 6.45) is 0.920. The van der Waals surface area contributed by atoms with Gasteiger partial charge in [-0.05, 0) is 38.5 Å². The lowest BCUT2D eigenvalue weighted by Gasteiger charge is -2.14. The number of likely N-dealkylation sites (N-methyl/N-ethyl adjacent to an activating group) is 1. The second kappa shape index (κ2) is 14.3. The summed E-state index contributed by atoms with van der Waals surface area (Å²) in [5.41, 5.74) is 2.21. The van der Waals surface area contributed by atoms with E-state index in [9.17, 15) is 4.79 Å². The first-order valence-electron chi connectivity index (χ1n) is 9.87. The molecule has 0 radical (unpaired) electrons. The fraction of sp³-hybridized carbons (Fsp3) is 0.476. The Morgan fingerprint density at radius 3 is 2.50 bits per heavy atom.